The zero-order chi connectivity index (χ0) is 17.7. The lowest BCUT2D eigenvalue weighted by molar-refractivity contribution is -0.115. The average Bonchev–Trinajstić information content (AvgIpc) is 2.45. The topological polar surface area (TPSA) is 127 Å². The van der Waals surface area contributed by atoms with Crippen LogP contribution in [0.2, 0.25) is 0 Å². The molecule has 7 nitrogen and oxygen atoms in total. The molecule has 0 heterocycles. The van der Waals surface area contributed by atoms with Crippen LogP contribution in [0.4, 0.5) is 0 Å². The molecular weight excluding hydrogens is 333 g/mol. The number of ketones is 1. The molecule has 0 unspecified atom stereocenters. The molecule has 2 rings (SSSR count). The predicted octanol–water partition coefficient (Wildman–Crippen LogP) is 2.59. The zero-order valence-corrected chi connectivity index (χ0v) is 13.7. The molecule has 24 heavy (non-hydrogen) atoms. The molecule has 0 spiro atoms. The van der Waals surface area contributed by atoms with Gasteiger partial charge in [-0.1, -0.05) is 18.2 Å². The summed E-state index contributed by atoms with van der Waals surface area (Å²) < 4.78 is 14.3. The molecule has 0 saturated carbocycles. The van der Waals surface area contributed by atoms with Crippen molar-refractivity contribution in [2.24, 2.45) is 4.76 Å². The van der Waals surface area contributed by atoms with Crippen molar-refractivity contribution in [3.63, 3.8) is 0 Å². The Morgan fingerprint density at radius 2 is 2.00 bits per heavy atom. The van der Waals surface area contributed by atoms with Gasteiger partial charge in [0.15, 0.2) is 5.78 Å². The number of nitrogens with zero attached hydrogens (tertiary/aromatic N) is 1. The van der Waals surface area contributed by atoms with Crippen molar-refractivity contribution in [2.75, 3.05) is 0 Å². The highest BCUT2D eigenvalue weighted by molar-refractivity contribution is 7.50. The van der Waals surface area contributed by atoms with Gasteiger partial charge in [-0.15, -0.1) is 0 Å². The summed E-state index contributed by atoms with van der Waals surface area (Å²) in [5.41, 5.74) is 0.621. The molecule has 128 valence electrons. The van der Waals surface area contributed by atoms with Crippen LogP contribution in [-0.4, -0.2) is 31.5 Å². The number of Topliss-reactive ketones (excluding diaryl/α,β-unsaturated/α-hetero) is 1. The second kappa shape index (κ2) is 7.57. The average molecular weight is 351 g/mol. The van der Waals surface area contributed by atoms with E-state index in [9.17, 15) is 19.6 Å². The summed E-state index contributed by atoms with van der Waals surface area (Å²) in [6, 6.07) is 6.68. The fourth-order valence-corrected chi connectivity index (χ4v) is 2.95. The van der Waals surface area contributed by atoms with Gasteiger partial charge in [-0.05, 0) is 36.6 Å². The molecule has 1 aliphatic carbocycles. The van der Waals surface area contributed by atoms with Gasteiger partial charge in [-0.25, -0.2) is 4.57 Å². The molecule has 4 N–H and O–H groups in total. The number of carbonyl (C=O) groups is 1. The van der Waals surface area contributed by atoms with Crippen LogP contribution in [0, 0.1) is 0 Å². The number of carbonyl (C=O) groups excluding carboxylic acids is 1. The maximum Gasteiger partial charge on any atom is 0.448 e. The summed E-state index contributed by atoms with van der Waals surface area (Å²) in [6.07, 6.45) is 3.97. The van der Waals surface area contributed by atoms with Gasteiger partial charge in [-0.3, -0.25) is 4.79 Å². The van der Waals surface area contributed by atoms with E-state index in [0.717, 1.165) is 5.56 Å². The third kappa shape index (κ3) is 5.16. The molecule has 0 aromatic heterocycles. The normalized spacial score (nSPS) is 16.7. The van der Waals surface area contributed by atoms with Crippen molar-refractivity contribution < 1.29 is 29.4 Å². The summed E-state index contributed by atoms with van der Waals surface area (Å²) in [5.74, 6) is -0.618. The minimum Gasteiger partial charge on any atom is -0.508 e. The van der Waals surface area contributed by atoms with Crippen LogP contribution in [0.3, 0.4) is 0 Å². The first kappa shape index (κ1) is 18.1. The van der Waals surface area contributed by atoms with Crippen LogP contribution in [0.1, 0.15) is 24.8 Å². The van der Waals surface area contributed by atoms with Crippen LogP contribution in [0.5, 0.6) is 5.75 Å². The summed E-state index contributed by atoms with van der Waals surface area (Å²) in [6.45, 7) is 0. The standard InChI is InChI=1S/C16H18NO6P/c18-12-6-1-4-11(10-12)5-2-8-14(19)16-13(17-24(21,22)23)7-3-9-15(16)20/h1,3-4,6,9-10,18,20H,2,5,7-8H2,(H2,21,22,23). The lowest BCUT2D eigenvalue weighted by atomic mass is 9.94. The number of phenolic OH excluding ortho intramolecular Hbond substituents is 1. The fourth-order valence-electron chi connectivity index (χ4n) is 2.46. The number of benzene rings is 1. The first-order chi connectivity index (χ1) is 11.3. The van der Waals surface area contributed by atoms with Crippen LogP contribution < -0.4 is 0 Å². The second-order valence-corrected chi connectivity index (χ2v) is 6.60. The highest BCUT2D eigenvalue weighted by Gasteiger charge is 2.25. The second-order valence-electron chi connectivity index (χ2n) is 5.37. The van der Waals surface area contributed by atoms with Crippen LogP contribution in [0.25, 0.3) is 0 Å². The van der Waals surface area contributed by atoms with Crippen molar-refractivity contribution in [2.45, 2.75) is 25.7 Å². The number of aryl methyl sites for hydroxylation is 1. The molecule has 0 aliphatic heterocycles. The molecule has 1 aliphatic rings. The number of hydrogen-bond acceptors (Lipinski definition) is 4. The van der Waals surface area contributed by atoms with E-state index in [0.29, 0.717) is 12.8 Å². The number of allylic oxidation sites excluding steroid dienone is 3. The lowest BCUT2D eigenvalue weighted by Gasteiger charge is -2.14. The molecule has 0 radical (unpaired) electrons. The summed E-state index contributed by atoms with van der Waals surface area (Å²) in [5, 5.41) is 19.3. The number of aliphatic hydroxyl groups is 1. The SMILES string of the molecule is O=C(CCCc1cccc(O)c1)C1=C(O)C=CCC1=NP(=O)(O)O. The van der Waals surface area contributed by atoms with Crippen molar-refractivity contribution in [3.8, 4) is 5.75 Å². The first-order valence-electron chi connectivity index (χ1n) is 7.32. The van der Waals surface area contributed by atoms with Gasteiger partial charge in [0.05, 0.1) is 11.3 Å². The van der Waals surface area contributed by atoms with Gasteiger partial charge in [0.2, 0.25) is 0 Å². The van der Waals surface area contributed by atoms with Gasteiger partial charge in [0, 0.05) is 12.8 Å². The molecule has 0 fully saturated rings. The Balaban J connectivity index is 2.07. The third-order valence-electron chi connectivity index (χ3n) is 3.44. The summed E-state index contributed by atoms with van der Waals surface area (Å²) >= 11 is 0. The number of hydrogen-bond donors (Lipinski definition) is 4. The van der Waals surface area contributed by atoms with Crippen molar-refractivity contribution in [1.29, 1.82) is 0 Å². The van der Waals surface area contributed by atoms with Crippen LogP contribution >= 0.6 is 7.75 Å². The van der Waals surface area contributed by atoms with E-state index in [1.165, 1.54) is 12.2 Å². The molecular formula is C16H18NO6P. The smallest absolute Gasteiger partial charge is 0.448 e. The van der Waals surface area contributed by atoms with Crippen LogP contribution in [-0.2, 0) is 15.8 Å². The van der Waals surface area contributed by atoms with Crippen molar-refractivity contribution in [1.82, 2.24) is 0 Å². The van der Waals surface area contributed by atoms with Gasteiger partial charge in [0.1, 0.15) is 11.5 Å². The van der Waals surface area contributed by atoms with E-state index in [4.69, 9.17) is 9.79 Å². The number of phenols is 1. The quantitative estimate of drug-likeness (QED) is 0.583. The number of aliphatic hydroxyl groups excluding tert-OH is 1. The van der Waals surface area contributed by atoms with E-state index in [-0.39, 0.29) is 35.6 Å². The minimum atomic E-state index is -4.69. The van der Waals surface area contributed by atoms with E-state index in [1.807, 2.05) is 6.07 Å². The maximum atomic E-state index is 12.3. The molecule has 1 aromatic rings. The Bertz CT molecular complexity index is 775. The minimum absolute atomic E-state index is 0.0722. The molecule has 1 aromatic carbocycles. The maximum absolute atomic E-state index is 12.3. The molecule has 0 amide bonds. The van der Waals surface area contributed by atoms with E-state index < -0.39 is 13.5 Å². The molecule has 0 bridgehead atoms. The predicted molar refractivity (Wildman–Crippen MR) is 88.9 cm³/mol. The van der Waals surface area contributed by atoms with Crippen molar-refractivity contribution in [3.05, 3.63) is 53.3 Å². The zero-order valence-electron chi connectivity index (χ0n) is 12.8. The van der Waals surface area contributed by atoms with E-state index >= 15 is 0 Å². The van der Waals surface area contributed by atoms with Crippen LogP contribution in [0.15, 0.2) is 52.5 Å². The van der Waals surface area contributed by atoms with Gasteiger partial charge < -0.3 is 20.0 Å². The Kier molecular flexibility index (Phi) is 5.72. The number of rotatable bonds is 6. The van der Waals surface area contributed by atoms with Gasteiger partial charge in [0.25, 0.3) is 0 Å². The third-order valence-corrected chi connectivity index (χ3v) is 3.94. The molecule has 0 saturated heterocycles. The van der Waals surface area contributed by atoms with E-state index in [1.54, 1.807) is 18.2 Å². The lowest BCUT2D eigenvalue weighted by Crippen LogP contribution is -2.17. The van der Waals surface area contributed by atoms with Gasteiger partial charge >= 0.3 is 7.75 Å². The monoisotopic (exact) mass is 351 g/mol. The Hall–Kier alpha value is -2.21. The fraction of sp³-hybridized carbons (Fsp3) is 0.250. The number of aromatic hydroxyl groups is 1. The Morgan fingerprint density at radius 1 is 1.25 bits per heavy atom. The van der Waals surface area contributed by atoms with Gasteiger partial charge in [-0.2, -0.15) is 4.76 Å². The largest absolute Gasteiger partial charge is 0.508 e. The van der Waals surface area contributed by atoms with Crippen molar-refractivity contribution >= 4 is 19.2 Å². The highest BCUT2D eigenvalue weighted by Crippen LogP contribution is 2.38. The Morgan fingerprint density at radius 3 is 2.67 bits per heavy atom. The highest BCUT2D eigenvalue weighted by atomic mass is 31.2. The summed E-state index contributed by atoms with van der Waals surface area (Å²) in [7, 11) is -4.69. The molecule has 8 heteroatoms. The van der Waals surface area contributed by atoms with E-state index in [2.05, 4.69) is 4.76 Å². The first-order valence-corrected chi connectivity index (χ1v) is 8.88. The Labute approximate surface area is 138 Å². The summed E-state index contributed by atoms with van der Waals surface area (Å²) in [4.78, 5) is 30.3. The molecule has 0 atom stereocenters.